The normalized spacial score (nSPS) is 13.6. The number of hydrogen-bond donors (Lipinski definition) is 1. The van der Waals surface area contributed by atoms with Gasteiger partial charge >= 0.3 is 0 Å². The van der Waals surface area contributed by atoms with Crippen LogP contribution in [0.15, 0.2) is 60.7 Å². The van der Waals surface area contributed by atoms with E-state index in [1.54, 1.807) is 0 Å². The maximum atomic E-state index is 12.7. The molecule has 0 saturated heterocycles. The Balaban J connectivity index is 1.49. The molecule has 3 aromatic carbocycles. The SMILES string of the molecule is CC(C)CCN1C(=O)CCc2cc(NC(=O)Cc3cccc4ccccc34)ccc21. The zero-order chi connectivity index (χ0) is 21.1. The number of nitrogens with one attached hydrogen (secondary N) is 1. The number of anilines is 2. The van der Waals surface area contributed by atoms with E-state index in [0.29, 0.717) is 18.8 Å². The number of carbonyl (C=O) groups is 2. The maximum absolute atomic E-state index is 12.7. The number of fused-ring (bicyclic) bond motifs is 2. The summed E-state index contributed by atoms with van der Waals surface area (Å²) in [5.41, 5.74) is 3.92. The molecule has 0 fully saturated rings. The van der Waals surface area contributed by atoms with Crippen molar-refractivity contribution in [1.82, 2.24) is 0 Å². The first-order chi connectivity index (χ1) is 14.5. The molecule has 0 unspecified atom stereocenters. The number of amides is 2. The molecule has 0 atom stereocenters. The van der Waals surface area contributed by atoms with Gasteiger partial charge in [0.15, 0.2) is 0 Å². The molecule has 1 N–H and O–H groups in total. The first-order valence-electron chi connectivity index (χ1n) is 10.7. The van der Waals surface area contributed by atoms with Crippen molar-refractivity contribution >= 4 is 34.0 Å². The molecule has 0 saturated carbocycles. The van der Waals surface area contributed by atoms with Gasteiger partial charge in [0.2, 0.25) is 11.8 Å². The quantitative estimate of drug-likeness (QED) is 0.607. The molecule has 0 bridgehead atoms. The predicted octanol–water partition coefficient (Wildman–Crippen LogP) is 5.35. The van der Waals surface area contributed by atoms with E-state index in [1.165, 1.54) is 0 Å². The highest BCUT2D eigenvalue weighted by Gasteiger charge is 2.24. The van der Waals surface area contributed by atoms with Crippen molar-refractivity contribution in [3.8, 4) is 0 Å². The van der Waals surface area contributed by atoms with Crippen LogP contribution < -0.4 is 10.2 Å². The Kier molecular flexibility index (Phi) is 5.84. The van der Waals surface area contributed by atoms with Gasteiger partial charge < -0.3 is 10.2 Å². The highest BCUT2D eigenvalue weighted by molar-refractivity contribution is 5.99. The molecule has 154 valence electrons. The molecule has 30 heavy (non-hydrogen) atoms. The summed E-state index contributed by atoms with van der Waals surface area (Å²) in [6, 6.07) is 20.1. The Morgan fingerprint density at radius 3 is 2.67 bits per heavy atom. The van der Waals surface area contributed by atoms with Gasteiger partial charge in [-0.2, -0.15) is 0 Å². The second-order valence-electron chi connectivity index (χ2n) is 8.43. The van der Waals surface area contributed by atoms with Gasteiger partial charge in [0, 0.05) is 24.3 Å². The largest absolute Gasteiger partial charge is 0.326 e. The minimum absolute atomic E-state index is 0.0325. The molecule has 1 aliphatic heterocycles. The average molecular weight is 401 g/mol. The summed E-state index contributed by atoms with van der Waals surface area (Å²) >= 11 is 0. The molecule has 4 rings (SSSR count). The second kappa shape index (κ2) is 8.70. The predicted molar refractivity (Wildman–Crippen MR) is 123 cm³/mol. The fraction of sp³-hybridized carbons (Fsp3) is 0.308. The van der Waals surface area contributed by atoms with Crippen molar-refractivity contribution in [3.63, 3.8) is 0 Å². The van der Waals surface area contributed by atoms with Crippen LogP contribution in [-0.4, -0.2) is 18.4 Å². The number of aryl methyl sites for hydroxylation is 1. The van der Waals surface area contributed by atoms with Crippen molar-refractivity contribution in [2.45, 2.75) is 39.5 Å². The molecule has 1 heterocycles. The first-order valence-corrected chi connectivity index (χ1v) is 10.7. The van der Waals surface area contributed by atoms with Gasteiger partial charge in [0.25, 0.3) is 0 Å². The van der Waals surface area contributed by atoms with Crippen LogP contribution >= 0.6 is 0 Å². The summed E-state index contributed by atoms with van der Waals surface area (Å²) in [6.07, 6.45) is 2.56. The molecule has 0 radical (unpaired) electrons. The van der Waals surface area contributed by atoms with Crippen LogP contribution in [0.1, 0.15) is 37.8 Å². The van der Waals surface area contributed by atoms with E-state index in [1.807, 2.05) is 47.4 Å². The third-order valence-corrected chi connectivity index (χ3v) is 5.72. The summed E-state index contributed by atoms with van der Waals surface area (Å²) in [4.78, 5) is 27.0. The fourth-order valence-corrected chi connectivity index (χ4v) is 4.09. The smallest absolute Gasteiger partial charge is 0.228 e. The lowest BCUT2D eigenvalue weighted by molar-refractivity contribution is -0.119. The highest BCUT2D eigenvalue weighted by atomic mass is 16.2. The Bertz CT molecular complexity index is 1080. The van der Waals surface area contributed by atoms with Crippen molar-refractivity contribution in [2.24, 2.45) is 5.92 Å². The number of nitrogens with zero attached hydrogens (tertiary/aromatic N) is 1. The van der Waals surface area contributed by atoms with Gasteiger partial charge in [-0.05, 0) is 58.9 Å². The van der Waals surface area contributed by atoms with E-state index < -0.39 is 0 Å². The molecular formula is C26H28N2O2. The van der Waals surface area contributed by atoms with Gasteiger partial charge in [-0.15, -0.1) is 0 Å². The van der Waals surface area contributed by atoms with E-state index >= 15 is 0 Å². The van der Waals surface area contributed by atoms with Crippen LogP contribution in [-0.2, 0) is 22.4 Å². The maximum Gasteiger partial charge on any atom is 0.228 e. The zero-order valence-corrected chi connectivity index (χ0v) is 17.7. The third kappa shape index (κ3) is 4.38. The van der Waals surface area contributed by atoms with Crippen LogP contribution in [0.4, 0.5) is 11.4 Å². The van der Waals surface area contributed by atoms with Gasteiger partial charge in [-0.3, -0.25) is 9.59 Å². The number of rotatable bonds is 6. The minimum atomic E-state index is -0.0325. The monoisotopic (exact) mass is 400 g/mol. The number of benzene rings is 3. The zero-order valence-electron chi connectivity index (χ0n) is 17.7. The molecule has 4 nitrogen and oxygen atoms in total. The standard InChI is InChI=1S/C26H28N2O2/c1-18(2)14-15-28-24-12-11-22(16-21(24)10-13-26(28)30)27-25(29)17-20-8-5-7-19-6-3-4-9-23(19)20/h3-9,11-12,16,18H,10,13-15,17H2,1-2H3,(H,27,29). The molecule has 4 heteroatoms. The van der Waals surface area contributed by atoms with Crippen molar-refractivity contribution in [3.05, 3.63) is 71.8 Å². The summed E-state index contributed by atoms with van der Waals surface area (Å²) < 4.78 is 0. The molecule has 0 aromatic heterocycles. The lowest BCUT2D eigenvalue weighted by atomic mass is 9.99. The number of hydrogen-bond acceptors (Lipinski definition) is 2. The van der Waals surface area contributed by atoms with Crippen LogP contribution in [0.25, 0.3) is 10.8 Å². The Morgan fingerprint density at radius 1 is 1.03 bits per heavy atom. The topological polar surface area (TPSA) is 49.4 Å². The minimum Gasteiger partial charge on any atom is -0.326 e. The fourth-order valence-electron chi connectivity index (χ4n) is 4.09. The molecule has 1 aliphatic rings. The van der Waals surface area contributed by atoms with Crippen LogP contribution in [0.3, 0.4) is 0 Å². The van der Waals surface area contributed by atoms with Crippen LogP contribution in [0.5, 0.6) is 0 Å². The van der Waals surface area contributed by atoms with Gasteiger partial charge in [0.05, 0.1) is 6.42 Å². The van der Waals surface area contributed by atoms with E-state index in [0.717, 1.165) is 52.7 Å². The molecule has 2 amide bonds. The van der Waals surface area contributed by atoms with E-state index in [9.17, 15) is 9.59 Å². The molecular weight excluding hydrogens is 372 g/mol. The summed E-state index contributed by atoms with van der Waals surface area (Å²) in [5.74, 6) is 0.710. The summed E-state index contributed by atoms with van der Waals surface area (Å²) in [5, 5.41) is 5.29. The lowest BCUT2D eigenvalue weighted by Gasteiger charge is -2.30. The average Bonchev–Trinajstić information content (AvgIpc) is 2.73. The lowest BCUT2D eigenvalue weighted by Crippen LogP contribution is -2.36. The molecule has 0 spiro atoms. The Hall–Kier alpha value is -3.14. The second-order valence-corrected chi connectivity index (χ2v) is 8.43. The molecule has 3 aromatic rings. The van der Waals surface area contributed by atoms with E-state index in [4.69, 9.17) is 0 Å². The van der Waals surface area contributed by atoms with Crippen LogP contribution in [0.2, 0.25) is 0 Å². The Labute approximate surface area is 177 Å². The number of carbonyl (C=O) groups excluding carboxylic acids is 2. The summed E-state index contributed by atoms with van der Waals surface area (Å²) in [6.45, 7) is 5.09. The van der Waals surface area contributed by atoms with Gasteiger partial charge in [-0.25, -0.2) is 0 Å². The van der Waals surface area contributed by atoms with Crippen molar-refractivity contribution in [2.75, 3.05) is 16.8 Å². The van der Waals surface area contributed by atoms with E-state index in [-0.39, 0.29) is 11.8 Å². The van der Waals surface area contributed by atoms with Gasteiger partial charge in [0.1, 0.15) is 0 Å². The van der Waals surface area contributed by atoms with Crippen LogP contribution in [0, 0.1) is 5.92 Å². The van der Waals surface area contributed by atoms with Crippen molar-refractivity contribution < 1.29 is 9.59 Å². The van der Waals surface area contributed by atoms with E-state index in [2.05, 4.69) is 37.4 Å². The first kappa shape index (κ1) is 20.1. The molecule has 0 aliphatic carbocycles. The van der Waals surface area contributed by atoms with Gasteiger partial charge in [-0.1, -0.05) is 56.3 Å². The Morgan fingerprint density at radius 2 is 1.83 bits per heavy atom. The van der Waals surface area contributed by atoms with Crippen molar-refractivity contribution in [1.29, 1.82) is 0 Å². The third-order valence-electron chi connectivity index (χ3n) is 5.72. The summed E-state index contributed by atoms with van der Waals surface area (Å²) in [7, 11) is 0. The highest BCUT2D eigenvalue weighted by Crippen LogP contribution is 2.31.